The molecule has 2 heterocycles. The van der Waals surface area contributed by atoms with E-state index in [1.807, 2.05) is 71.6 Å². The van der Waals surface area contributed by atoms with Gasteiger partial charge in [0.2, 0.25) is 5.91 Å². The maximum atomic E-state index is 12.9. The third-order valence-corrected chi connectivity index (χ3v) is 7.14. The normalized spacial score (nSPS) is 20.1. The Morgan fingerprint density at radius 2 is 1.78 bits per heavy atom. The van der Waals surface area contributed by atoms with Crippen LogP contribution in [0.2, 0.25) is 0 Å². The number of hydrazine groups is 1. The highest BCUT2D eigenvalue weighted by atomic mass is 16.5. The Morgan fingerprint density at radius 3 is 2.51 bits per heavy atom. The molecule has 0 spiro atoms. The van der Waals surface area contributed by atoms with Gasteiger partial charge in [0.1, 0.15) is 23.6 Å². The van der Waals surface area contributed by atoms with Gasteiger partial charge in [0.05, 0.1) is 18.2 Å². The summed E-state index contributed by atoms with van der Waals surface area (Å²) in [7, 11) is 6.03. The molecule has 3 aromatic rings. The van der Waals surface area contributed by atoms with Gasteiger partial charge in [-0.25, -0.2) is 15.4 Å². The fourth-order valence-electron chi connectivity index (χ4n) is 4.87. The van der Waals surface area contributed by atoms with Crippen molar-refractivity contribution in [3.05, 3.63) is 72.1 Å². The van der Waals surface area contributed by atoms with Crippen LogP contribution >= 0.6 is 0 Å². The van der Waals surface area contributed by atoms with E-state index in [1.54, 1.807) is 0 Å². The summed E-state index contributed by atoms with van der Waals surface area (Å²) in [5, 5.41) is 1.98. The number of rotatable bonds is 10. The van der Waals surface area contributed by atoms with Crippen LogP contribution in [0.15, 0.2) is 60.9 Å². The molecule has 3 unspecified atom stereocenters. The average Bonchev–Trinajstić information content (AvgIpc) is 3.59. The first-order valence-corrected chi connectivity index (χ1v) is 12.8. The number of nitrogen functional groups attached to an aromatic ring is 1. The average molecular weight is 502 g/mol. The van der Waals surface area contributed by atoms with Crippen molar-refractivity contribution in [3.8, 4) is 11.5 Å². The van der Waals surface area contributed by atoms with Crippen LogP contribution in [0.3, 0.4) is 0 Å². The van der Waals surface area contributed by atoms with E-state index in [2.05, 4.69) is 34.4 Å². The molecule has 194 valence electrons. The van der Waals surface area contributed by atoms with Crippen molar-refractivity contribution >= 4 is 17.5 Å². The predicted molar refractivity (Wildman–Crippen MR) is 144 cm³/mol. The second kappa shape index (κ2) is 10.7. The van der Waals surface area contributed by atoms with E-state index in [-0.39, 0.29) is 17.9 Å². The highest BCUT2D eigenvalue weighted by Crippen LogP contribution is 2.42. The van der Waals surface area contributed by atoms with Crippen LogP contribution in [-0.2, 0) is 4.79 Å². The maximum Gasteiger partial charge on any atom is 0.225 e. The number of anilines is 2. The van der Waals surface area contributed by atoms with E-state index in [9.17, 15) is 4.79 Å². The third kappa shape index (κ3) is 5.68. The number of benzene rings is 2. The first-order valence-electron chi connectivity index (χ1n) is 12.8. The number of nitrogens with zero attached hydrogens (tertiary/aromatic N) is 5. The molecule has 2 aromatic carbocycles. The van der Waals surface area contributed by atoms with E-state index < -0.39 is 0 Å². The smallest absolute Gasteiger partial charge is 0.225 e. The number of likely N-dealkylation sites (N-methyl/N-ethyl adjacent to an activating group) is 1. The fraction of sp³-hybridized carbons (Fsp3) is 0.393. The van der Waals surface area contributed by atoms with Crippen LogP contribution in [0.1, 0.15) is 30.0 Å². The van der Waals surface area contributed by atoms with Gasteiger partial charge in [-0.2, -0.15) is 0 Å². The minimum absolute atomic E-state index is 0.158. The van der Waals surface area contributed by atoms with Gasteiger partial charge in [0.25, 0.3) is 0 Å². The molecule has 37 heavy (non-hydrogen) atoms. The van der Waals surface area contributed by atoms with Crippen molar-refractivity contribution in [2.24, 2.45) is 11.8 Å². The first kappa shape index (κ1) is 25.0. The van der Waals surface area contributed by atoms with Crippen LogP contribution < -0.4 is 20.9 Å². The van der Waals surface area contributed by atoms with E-state index in [0.29, 0.717) is 24.8 Å². The molecule has 3 N–H and O–H groups in total. The Morgan fingerprint density at radius 1 is 1.05 bits per heavy atom. The molecule has 1 amide bonds. The molecule has 0 bridgehead atoms. The molecular formula is C28H35N7O2. The number of amides is 1. The predicted octanol–water partition coefficient (Wildman–Crippen LogP) is 3.31. The topological polar surface area (TPSA) is 99.9 Å². The van der Waals surface area contributed by atoms with Crippen molar-refractivity contribution in [2.75, 3.05) is 51.5 Å². The molecule has 9 heteroatoms. The highest BCUT2D eigenvalue weighted by molar-refractivity contribution is 5.81. The van der Waals surface area contributed by atoms with Crippen LogP contribution in [0, 0.1) is 11.8 Å². The summed E-state index contributed by atoms with van der Waals surface area (Å²) < 4.78 is 5.94. The summed E-state index contributed by atoms with van der Waals surface area (Å²) in [6, 6.07) is 17.4. The zero-order chi connectivity index (χ0) is 25.9. The van der Waals surface area contributed by atoms with Crippen molar-refractivity contribution in [1.29, 1.82) is 0 Å². The number of carbonyl (C=O) groups is 1. The lowest BCUT2D eigenvalue weighted by Gasteiger charge is -2.24. The van der Waals surface area contributed by atoms with Crippen molar-refractivity contribution in [2.45, 2.75) is 18.9 Å². The van der Waals surface area contributed by atoms with E-state index in [0.717, 1.165) is 47.8 Å². The Kier molecular flexibility index (Phi) is 7.25. The number of nitrogens with two attached hydrogens (primary N) is 1. The first-order chi connectivity index (χ1) is 17.9. The monoisotopic (exact) mass is 501 g/mol. The lowest BCUT2D eigenvalue weighted by Crippen LogP contribution is -2.42. The summed E-state index contributed by atoms with van der Waals surface area (Å²) in [6.07, 6.45) is 3.55. The van der Waals surface area contributed by atoms with Crippen LogP contribution in [0.4, 0.5) is 11.6 Å². The summed E-state index contributed by atoms with van der Waals surface area (Å²) in [5.41, 5.74) is 11.7. The number of hydrogen-bond donors (Lipinski definition) is 2. The molecule has 1 aliphatic heterocycles. The number of hydrogen-bond acceptors (Lipinski definition) is 8. The molecule has 5 rings (SSSR count). The Balaban J connectivity index is 1.23. The fourth-order valence-corrected chi connectivity index (χ4v) is 4.87. The Bertz CT molecular complexity index is 1220. The van der Waals surface area contributed by atoms with E-state index in [4.69, 9.17) is 10.5 Å². The number of para-hydroxylation sites is 1. The lowest BCUT2D eigenvalue weighted by atomic mass is 10.0. The number of nitrogens with one attached hydrogen (secondary N) is 1. The molecule has 1 aliphatic carbocycles. The summed E-state index contributed by atoms with van der Waals surface area (Å²) in [4.78, 5) is 25.7. The summed E-state index contributed by atoms with van der Waals surface area (Å²) in [6.45, 7) is 2.20. The Labute approximate surface area is 218 Å². The van der Waals surface area contributed by atoms with Gasteiger partial charge < -0.3 is 20.3 Å². The zero-order valence-electron chi connectivity index (χ0n) is 21.7. The molecule has 0 saturated heterocycles. The van der Waals surface area contributed by atoms with Crippen LogP contribution in [-0.4, -0.2) is 66.5 Å². The molecular weight excluding hydrogens is 466 g/mol. The standard InChI is InChI=1S/C28H35N7O2/c1-33(2)14-13-20-17-23(20)28(36)34(3)15-16-35-27-24(26(29)30-18-31-27)25(32-35)19-9-11-22(12-10-19)37-21-7-5-4-6-8-21/h4-12,18,20,23,25,32H,13-17H2,1-3H3,(H2,29,30,31). The van der Waals surface area contributed by atoms with Crippen molar-refractivity contribution in [1.82, 2.24) is 25.2 Å². The second-order valence-corrected chi connectivity index (χ2v) is 10.1. The quantitative estimate of drug-likeness (QED) is 0.437. The van der Waals surface area contributed by atoms with Gasteiger partial charge in [-0.1, -0.05) is 30.3 Å². The number of aromatic nitrogens is 2. The minimum atomic E-state index is -0.193. The van der Waals surface area contributed by atoms with Gasteiger partial charge in [0, 0.05) is 19.5 Å². The SMILES string of the molecule is CN(C)CCC1CC1C(=O)N(C)CCN1NC(c2ccc(Oc3ccccc3)cc2)c2c(N)ncnc21. The molecule has 3 atom stereocenters. The second-order valence-electron chi connectivity index (χ2n) is 10.1. The summed E-state index contributed by atoms with van der Waals surface area (Å²) >= 11 is 0. The molecule has 2 aliphatic rings. The van der Waals surface area contributed by atoms with Crippen molar-refractivity contribution in [3.63, 3.8) is 0 Å². The van der Waals surface area contributed by atoms with Gasteiger partial charge in [-0.15, -0.1) is 0 Å². The third-order valence-electron chi connectivity index (χ3n) is 7.14. The molecule has 1 aromatic heterocycles. The van der Waals surface area contributed by atoms with Gasteiger partial charge in [-0.3, -0.25) is 9.80 Å². The molecule has 1 fully saturated rings. The summed E-state index contributed by atoms with van der Waals surface area (Å²) in [5.74, 6) is 3.64. The maximum absolute atomic E-state index is 12.9. The van der Waals surface area contributed by atoms with Gasteiger partial charge in [-0.05, 0) is 69.2 Å². The molecule has 0 radical (unpaired) electrons. The minimum Gasteiger partial charge on any atom is -0.457 e. The van der Waals surface area contributed by atoms with E-state index >= 15 is 0 Å². The molecule has 9 nitrogen and oxygen atoms in total. The number of ether oxygens (including phenoxy) is 1. The number of fused-ring (bicyclic) bond motifs is 1. The lowest BCUT2D eigenvalue weighted by molar-refractivity contribution is -0.131. The van der Waals surface area contributed by atoms with Crippen molar-refractivity contribution < 1.29 is 9.53 Å². The van der Waals surface area contributed by atoms with Crippen LogP contribution in [0.25, 0.3) is 0 Å². The van der Waals surface area contributed by atoms with Gasteiger partial charge >= 0.3 is 0 Å². The highest BCUT2D eigenvalue weighted by Gasteiger charge is 2.43. The Hall–Kier alpha value is -3.69. The molecule has 1 saturated carbocycles. The number of carbonyl (C=O) groups excluding carboxylic acids is 1. The van der Waals surface area contributed by atoms with Crippen LogP contribution in [0.5, 0.6) is 11.5 Å². The van der Waals surface area contributed by atoms with Gasteiger partial charge in [0.15, 0.2) is 5.82 Å². The largest absolute Gasteiger partial charge is 0.457 e. The van der Waals surface area contributed by atoms with E-state index in [1.165, 1.54) is 6.33 Å². The zero-order valence-corrected chi connectivity index (χ0v) is 21.7.